The molecule has 1 atom stereocenters. The molecule has 2 nitrogen and oxygen atoms in total. The van der Waals surface area contributed by atoms with E-state index in [-0.39, 0.29) is 16.5 Å². The molecule has 1 aromatic carbocycles. The van der Waals surface area contributed by atoms with E-state index in [2.05, 4.69) is 54.6 Å². The highest BCUT2D eigenvalue weighted by molar-refractivity contribution is 7.89. The first-order valence-electron chi connectivity index (χ1n) is 14.0. The predicted octanol–water partition coefficient (Wildman–Crippen LogP) is 9.68. The molecule has 0 radical (unpaired) electrons. The van der Waals surface area contributed by atoms with E-state index in [1.54, 1.807) is 6.08 Å². The average Bonchev–Trinajstić information content (AvgIpc) is 2.77. The van der Waals surface area contributed by atoms with Gasteiger partial charge in [0.15, 0.2) is 8.32 Å². The second-order valence-electron chi connectivity index (χ2n) is 12.1. The van der Waals surface area contributed by atoms with E-state index < -0.39 is 19.1 Å². The van der Waals surface area contributed by atoms with Crippen LogP contribution < -0.4 is 0 Å². The van der Waals surface area contributed by atoms with Gasteiger partial charge in [0.25, 0.3) is 0 Å². The van der Waals surface area contributed by atoms with Crippen LogP contribution in [0, 0.1) is 5.41 Å². The maximum atomic E-state index is 13.7. The van der Waals surface area contributed by atoms with Crippen molar-refractivity contribution in [2.45, 2.75) is 97.7 Å². The zero-order valence-corrected chi connectivity index (χ0v) is 26.0. The van der Waals surface area contributed by atoms with Crippen LogP contribution in [-0.2, 0) is 15.2 Å². The Bertz CT molecular complexity index is 1180. The van der Waals surface area contributed by atoms with Gasteiger partial charge in [-0.2, -0.15) is 0 Å². The van der Waals surface area contributed by atoms with Crippen LogP contribution in [0.25, 0.3) is 0 Å². The van der Waals surface area contributed by atoms with Crippen LogP contribution in [0.2, 0.25) is 18.1 Å². The van der Waals surface area contributed by atoms with Crippen LogP contribution in [0.1, 0.15) is 77.4 Å². The minimum Gasteiger partial charge on any atom is -0.413 e. The number of hydrogen-bond acceptors (Lipinski definition) is 2. The van der Waals surface area contributed by atoms with E-state index in [4.69, 9.17) is 7.17 Å². The highest BCUT2D eigenvalue weighted by Crippen LogP contribution is 2.41. The van der Waals surface area contributed by atoms with Crippen molar-refractivity contribution in [2.75, 3.05) is 6.61 Å². The number of allylic oxidation sites excluding steroid dienone is 8. The summed E-state index contributed by atoms with van der Waals surface area (Å²) in [4.78, 5) is 1.14. The van der Waals surface area contributed by atoms with Gasteiger partial charge in [-0.3, -0.25) is 0 Å². The lowest BCUT2D eigenvalue weighted by atomic mass is 9.72. The summed E-state index contributed by atoms with van der Waals surface area (Å²) in [7, 11) is -3.45. The standard InChI is InChI=1S/C32H48O2SSi/c1-25(18-20-29-26(2)15-14-23-32(29,7)8)19-21-30(35(33)28-16-12-11-13-17-28)27(3)22-24-34-36(9,10)31(4,5)6/h11-13,16-22H,14-15,23-24H2,1-10H3/b20-18+,25-19-,27-22+,30-21-/i20D,21D. The van der Waals surface area contributed by atoms with Gasteiger partial charge in [0.1, 0.15) is 0 Å². The Morgan fingerprint density at radius 3 is 2.42 bits per heavy atom. The first-order chi connectivity index (χ1) is 17.5. The molecule has 2 rings (SSSR count). The van der Waals surface area contributed by atoms with Crippen LogP contribution in [-0.4, -0.2) is 19.1 Å². The molecule has 1 aromatic rings. The second-order valence-corrected chi connectivity index (χ2v) is 18.3. The Hall–Kier alpha value is -1.75. The molecule has 0 heterocycles. The highest BCUT2D eigenvalue weighted by Gasteiger charge is 2.36. The van der Waals surface area contributed by atoms with Crippen molar-refractivity contribution >= 4 is 19.1 Å². The third kappa shape index (κ3) is 8.39. The SMILES string of the molecule is [2H]C(/C=C(C)\C=C(/[2H])C1=C(C)CCCC1(C)C)=C(\C(C)=C\CO[Si](C)(C)C(C)(C)C)S(=O)c1ccccc1. The van der Waals surface area contributed by atoms with Gasteiger partial charge >= 0.3 is 0 Å². The lowest BCUT2D eigenvalue weighted by molar-refractivity contribution is 0.327. The van der Waals surface area contributed by atoms with Crippen molar-refractivity contribution in [3.63, 3.8) is 0 Å². The molecule has 0 amide bonds. The van der Waals surface area contributed by atoms with Crippen LogP contribution in [0.3, 0.4) is 0 Å². The third-order valence-electron chi connectivity index (χ3n) is 7.47. The van der Waals surface area contributed by atoms with Crippen molar-refractivity contribution in [3.05, 3.63) is 87.9 Å². The average molecular weight is 527 g/mol. The van der Waals surface area contributed by atoms with Gasteiger partial charge in [-0.15, -0.1) is 0 Å². The second kappa shape index (κ2) is 12.7. The van der Waals surface area contributed by atoms with Crippen molar-refractivity contribution < 1.29 is 11.4 Å². The maximum absolute atomic E-state index is 13.7. The van der Waals surface area contributed by atoms with Crippen molar-refractivity contribution in [2.24, 2.45) is 5.41 Å². The summed E-state index contributed by atoms with van der Waals surface area (Å²) in [5, 5.41) is 0.0989. The van der Waals surface area contributed by atoms with Crippen LogP contribution in [0.15, 0.2) is 92.8 Å². The Kier molecular flexibility index (Phi) is 9.60. The molecule has 198 valence electrons. The van der Waals surface area contributed by atoms with E-state index in [0.29, 0.717) is 22.5 Å². The van der Waals surface area contributed by atoms with Crippen molar-refractivity contribution in [1.29, 1.82) is 0 Å². The molecule has 1 unspecified atom stereocenters. The lowest BCUT2D eigenvalue weighted by Gasteiger charge is -2.35. The topological polar surface area (TPSA) is 26.3 Å². The number of benzene rings is 1. The fraction of sp³-hybridized carbons (Fsp3) is 0.500. The Morgan fingerprint density at radius 1 is 1.19 bits per heavy atom. The summed E-state index contributed by atoms with van der Waals surface area (Å²) in [6.45, 7) is 21.9. The van der Waals surface area contributed by atoms with E-state index in [1.165, 1.54) is 5.57 Å². The Balaban J connectivity index is 2.50. The Morgan fingerprint density at radius 2 is 1.83 bits per heavy atom. The van der Waals surface area contributed by atoms with Gasteiger partial charge in [-0.05, 0) is 92.9 Å². The van der Waals surface area contributed by atoms with Crippen molar-refractivity contribution in [3.8, 4) is 0 Å². The van der Waals surface area contributed by atoms with E-state index in [1.807, 2.05) is 56.3 Å². The normalized spacial score (nSPS) is 20.6. The fourth-order valence-corrected chi connectivity index (χ4v) is 6.12. The van der Waals surface area contributed by atoms with Crippen LogP contribution in [0.4, 0.5) is 0 Å². The molecule has 0 N–H and O–H groups in total. The number of rotatable bonds is 9. The highest BCUT2D eigenvalue weighted by atomic mass is 32.2. The Labute approximate surface area is 227 Å². The van der Waals surface area contributed by atoms with Gasteiger partial charge in [-0.25, -0.2) is 4.21 Å². The maximum Gasteiger partial charge on any atom is 0.192 e. The first-order valence-corrected chi connectivity index (χ1v) is 17.1. The summed E-state index contributed by atoms with van der Waals surface area (Å²) in [6, 6.07) is 10.0. The monoisotopic (exact) mass is 526 g/mol. The summed E-state index contributed by atoms with van der Waals surface area (Å²) in [5.74, 6) is 0. The van der Waals surface area contributed by atoms with E-state index in [9.17, 15) is 4.21 Å². The molecule has 0 saturated carbocycles. The summed E-state index contributed by atoms with van der Waals surface area (Å²) >= 11 is 0. The van der Waals surface area contributed by atoms with Crippen molar-refractivity contribution in [1.82, 2.24) is 0 Å². The molecule has 0 saturated heterocycles. The first kappa shape index (κ1) is 27.3. The smallest absolute Gasteiger partial charge is 0.192 e. The van der Waals surface area contributed by atoms with E-state index in [0.717, 1.165) is 36.0 Å². The molecule has 1 aliphatic rings. The molecule has 1 aliphatic carbocycles. The summed E-state index contributed by atoms with van der Waals surface area (Å²) in [6.07, 6.45) is 8.81. The molecule has 4 heteroatoms. The van der Waals surface area contributed by atoms with Gasteiger partial charge in [0.05, 0.1) is 20.1 Å². The van der Waals surface area contributed by atoms with Gasteiger partial charge in [0.2, 0.25) is 0 Å². The summed E-state index contributed by atoms with van der Waals surface area (Å²) < 4.78 is 37.8. The van der Waals surface area contributed by atoms with Gasteiger partial charge < -0.3 is 4.43 Å². The quantitative estimate of drug-likeness (QED) is 0.236. The molecule has 0 spiro atoms. The zero-order valence-electron chi connectivity index (χ0n) is 26.2. The molecule has 0 bridgehead atoms. The molecule has 0 fully saturated rings. The third-order valence-corrected chi connectivity index (χ3v) is 13.5. The fourth-order valence-electron chi connectivity index (χ4n) is 4.01. The molecule has 0 aromatic heterocycles. The van der Waals surface area contributed by atoms with Gasteiger partial charge in [0, 0.05) is 9.80 Å². The van der Waals surface area contributed by atoms with Crippen LogP contribution in [0.5, 0.6) is 0 Å². The minimum absolute atomic E-state index is 0.0285. The lowest BCUT2D eigenvalue weighted by Crippen LogP contribution is -2.40. The molecular formula is C32H48O2SSi. The predicted molar refractivity (Wildman–Crippen MR) is 161 cm³/mol. The molecule has 36 heavy (non-hydrogen) atoms. The summed E-state index contributed by atoms with van der Waals surface area (Å²) in [5.41, 5.74) is 3.94. The van der Waals surface area contributed by atoms with E-state index >= 15 is 0 Å². The largest absolute Gasteiger partial charge is 0.413 e. The zero-order chi connectivity index (χ0) is 28.9. The minimum atomic E-state index is -1.93. The van der Waals surface area contributed by atoms with Crippen LogP contribution >= 0.6 is 0 Å². The molecular weight excluding hydrogens is 477 g/mol. The van der Waals surface area contributed by atoms with Gasteiger partial charge in [-0.1, -0.05) is 88.2 Å². The number of hydrogen-bond donors (Lipinski definition) is 0. The molecule has 0 aliphatic heterocycles.